The Labute approximate surface area is 150 Å². The van der Waals surface area contributed by atoms with Gasteiger partial charge in [-0.1, -0.05) is 6.07 Å². The number of methoxy groups -OCH3 is 1. The summed E-state index contributed by atoms with van der Waals surface area (Å²) in [5, 5.41) is 6.47. The Morgan fingerprint density at radius 3 is 2.64 bits per heavy atom. The minimum atomic E-state index is 0. The molecule has 0 aliphatic carbocycles. The lowest BCUT2D eigenvalue weighted by molar-refractivity contribution is 0.195. The maximum Gasteiger partial charge on any atom is 0.213 e. The standard InChI is InChI=1S/C15H26N4O2.HI/c1-12(2)21-14-7-6-13(10-18-14)11-19-15(16-3)17-8-5-9-20-4;/h6-7,10,12H,5,8-9,11H2,1-4H3,(H2,16,17,19);1H. The molecule has 22 heavy (non-hydrogen) atoms. The van der Waals surface area contributed by atoms with Crippen molar-refractivity contribution in [2.75, 3.05) is 27.3 Å². The van der Waals surface area contributed by atoms with Crippen molar-refractivity contribution < 1.29 is 9.47 Å². The van der Waals surface area contributed by atoms with Gasteiger partial charge in [0.2, 0.25) is 5.88 Å². The van der Waals surface area contributed by atoms with Gasteiger partial charge in [-0.05, 0) is 25.8 Å². The lowest BCUT2D eigenvalue weighted by Crippen LogP contribution is -2.37. The van der Waals surface area contributed by atoms with Crippen LogP contribution in [0.25, 0.3) is 0 Å². The van der Waals surface area contributed by atoms with Gasteiger partial charge in [-0.25, -0.2) is 4.98 Å². The molecule has 2 N–H and O–H groups in total. The van der Waals surface area contributed by atoms with E-state index in [4.69, 9.17) is 9.47 Å². The van der Waals surface area contributed by atoms with E-state index in [1.54, 1.807) is 14.2 Å². The molecule has 0 bridgehead atoms. The van der Waals surface area contributed by atoms with Crippen LogP contribution in [-0.4, -0.2) is 44.4 Å². The molecule has 7 heteroatoms. The first-order valence-corrected chi connectivity index (χ1v) is 7.20. The number of halogens is 1. The van der Waals surface area contributed by atoms with Gasteiger partial charge in [0.05, 0.1) is 6.10 Å². The molecule has 0 spiro atoms. The van der Waals surface area contributed by atoms with Gasteiger partial charge in [-0.15, -0.1) is 24.0 Å². The highest BCUT2D eigenvalue weighted by molar-refractivity contribution is 14.0. The van der Waals surface area contributed by atoms with E-state index >= 15 is 0 Å². The molecule has 0 radical (unpaired) electrons. The number of guanidine groups is 1. The monoisotopic (exact) mass is 422 g/mol. The van der Waals surface area contributed by atoms with E-state index in [9.17, 15) is 0 Å². The number of nitrogens with one attached hydrogen (secondary N) is 2. The Bertz CT molecular complexity index is 424. The first kappa shape index (κ1) is 20.9. The zero-order valence-electron chi connectivity index (χ0n) is 13.8. The van der Waals surface area contributed by atoms with Gasteiger partial charge in [0.25, 0.3) is 0 Å². The molecule has 0 amide bonds. The fourth-order valence-electron chi connectivity index (χ4n) is 1.66. The van der Waals surface area contributed by atoms with Crippen LogP contribution >= 0.6 is 24.0 Å². The maximum absolute atomic E-state index is 5.51. The Morgan fingerprint density at radius 1 is 1.32 bits per heavy atom. The number of aliphatic imine (C=N–C) groups is 1. The molecule has 6 nitrogen and oxygen atoms in total. The van der Waals surface area contributed by atoms with Crippen LogP contribution in [0.2, 0.25) is 0 Å². The highest BCUT2D eigenvalue weighted by atomic mass is 127. The van der Waals surface area contributed by atoms with Gasteiger partial charge in [-0.2, -0.15) is 0 Å². The van der Waals surface area contributed by atoms with Crippen LogP contribution in [0.5, 0.6) is 5.88 Å². The predicted molar refractivity (Wildman–Crippen MR) is 100 cm³/mol. The maximum atomic E-state index is 5.51. The molecule has 1 aromatic rings. The lowest BCUT2D eigenvalue weighted by Gasteiger charge is -2.12. The van der Waals surface area contributed by atoms with Gasteiger partial charge < -0.3 is 20.1 Å². The molecule has 1 rings (SSSR count). The second-order valence-corrected chi connectivity index (χ2v) is 4.87. The summed E-state index contributed by atoms with van der Waals surface area (Å²) < 4.78 is 10.5. The van der Waals surface area contributed by atoms with E-state index in [0.717, 1.165) is 31.1 Å². The largest absolute Gasteiger partial charge is 0.475 e. The summed E-state index contributed by atoms with van der Waals surface area (Å²) >= 11 is 0. The molecule has 1 aromatic heterocycles. The van der Waals surface area contributed by atoms with Crippen LogP contribution in [0.3, 0.4) is 0 Å². The van der Waals surface area contributed by atoms with Crippen molar-refractivity contribution in [3.63, 3.8) is 0 Å². The third kappa shape index (κ3) is 9.04. The van der Waals surface area contributed by atoms with Gasteiger partial charge in [-0.3, -0.25) is 4.99 Å². The van der Waals surface area contributed by atoms with Crippen molar-refractivity contribution >= 4 is 29.9 Å². The summed E-state index contributed by atoms with van der Waals surface area (Å²) in [5.74, 6) is 1.42. The van der Waals surface area contributed by atoms with E-state index in [1.165, 1.54) is 0 Å². The fourth-order valence-corrected chi connectivity index (χ4v) is 1.66. The third-order valence-electron chi connectivity index (χ3n) is 2.66. The molecule has 126 valence electrons. The lowest BCUT2D eigenvalue weighted by atomic mass is 10.3. The van der Waals surface area contributed by atoms with Crippen LogP contribution in [0.15, 0.2) is 23.3 Å². The number of hydrogen-bond acceptors (Lipinski definition) is 4. The zero-order chi connectivity index (χ0) is 15.5. The highest BCUT2D eigenvalue weighted by Crippen LogP contribution is 2.09. The molecule has 0 fully saturated rings. The van der Waals surface area contributed by atoms with Crippen molar-refractivity contribution in [3.05, 3.63) is 23.9 Å². The molecule has 0 unspecified atom stereocenters. The van der Waals surface area contributed by atoms with Gasteiger partial charge in [0, 0.05) is 46.1 Å². The fraction of sp³-hybridized carbons (Fsp3) is 0.600. The Kier molecular flexibility index (Phi) is 11.8. The van der Waals surface area contributed by atoms with E-state index < -0.39 is 0 Å². The Morgan fingerprint density at radius 2 is 2.09 bits per heavy atom. The number of hydrogen-bond donors (Lipinski definition) is 2. The van der Waals surface area contributed by atoms with E-state index in [2.05, 4.69) is 20.6 Å². The van der Waals surface area contributed by atoms with Crippen molar-refractivity contribution in [1.82, 2.24) is 15.6 Å². The summed E-state index contributed by atoms with van der Waals surface area (Å²) in [7, 11) is 3.45. The number of pyridine rings is 1. The van der Waals surface area contributed by atoms with Crippen LogP contribution in [-0.2, 0) is 11.3 Å². The smallest absolute Gasteiger partial charge is 0.213 e. The quantitative estimate of drug-likeness (QED) is 0.291. The van der Waals surface area contributed by atoms with Crippen LogP contribution < -0.4 is 15.4 Å². The Hall–Kier alpha value is -1.09. The minimum absolute atomic E-state index is 0. The number of rotatable bonds is 8. The number of nitrogens with zero attached hydrogens (tertiary/aromatic N) is 2. The Balaban J connectivity index is 0.00000441. The van der Waals surface area contributed by atoms with Crippen molar-refractivity contribution in [3.8, 4) is 5.88 Å². The van der Waals surface area contributed by atoms with Crippen LogP contribution in [0.4, 0.5) is 0 Å². The first-order valence-electron chi connectivity index (χ1n) is 7.20. The third-order valence-corrected chi connectivity index (χ3v) is 2.66. The zero-order valence-corrected chi connectivity index (χ0v) is 16.1. The molecule has 0 aliphatic heterocycles. The average Bonchev–Trinajstić information content (AvgIpc) is 2.47. The van der Waals surface area contributed by atoms with Crippen molar-refractivity contribution in [1.29, 1.82) is 0 Å². The van der Waals surface area contributed by atoms with Crippen molar-refractivity contribution in [2.24, 2.45) is 4.99 Å². The van der Waals surface area contributed by atoms with E-state index in [0.29, 0.717) is 12.4 Å². The first-order chi connectivity index (χ1) is 10.2. The summed E-state index contributed by atoms with van der Waals surface area (Å²) in [6.07, 6.45) is 2.89. The highest BCUT2D eigenvalue weighted by Gasteiger charge is 2.01. The van der Waals surface area contributed by atoms with E-state index in [-0.39, 0.29) is 30.1 Å². The number of aromatic nitrogens is 1. The summed E-state index contributed by atoms with van der Waals surface area (Å²) in [4.78, 5) is 8.44. The van der Waals surface area contributed by atoms with Gasteiger partial charge in [0.1, 0.15) is 0 Å². The van der Waals surface area contributed by atoms with Crippen LogP contribution in [0.1, 0.15) is 25.8 Å². The summed E-state index contributed by atoms with van der Waals surface area (Å²) in [6.45, 7) is 6.20. The molecular formula is C15H27IN4O2. The molecule has 0 saturated carbocycles. The SMILES string of the molecule is CN=C(NCCCOC)NCc1ccc(OC(C)C)nc1.I. The molecule has 0 aliphatic rings. The van der Waals surface area contributed by atoms with Crippen molar-refractivity contribution in [2.45, 2.75) is 32.9 Å². The molecular weight excluding hydrogens is 395 g/mol. The molecule has 1 heterocycles. The van der Waals surface area contributed by atoms with Gasteiger partial charge >= 0.3 is 0 Å². The average molecular weight is 422 g/mol. The van der Waals surface area contributed by atoms with Gasteiger partial charge in [0.15, 0.2) is 5.96 Å². The predicted octanol–water partition coefficient (Wildman–Crippen LogP) is 2.19. The summed E-state index contributed by atoms with van der Waals surface area (Å²) in [5.41, 5.74) is 1.07. The molecule has 0 atom stereocenters. The van der Waals surface area contributed by atoms with E-state index in [1.807, 2.05) is 32.2 Å². The molecule has 0 saturated heterocycles. The second kappa shape index (κ2) is 12.5. The van der Waals surface area contributed by atoms with Crippen LogP contribution in [0, 0.1) is 0 Å². The second-order valence-electron chi connectivity index (χ2n) is 4.87. The topological polar surface area (TPSA) is 67.8 Å². The number of ether oxygens (including phenoxy) is 2. The summed E-state index contributed by atoms with van der Waals surface area (Å²) in [6, 6.07) is 3.88. The minimum Gasteiger partial charge on any atom is -0.475 e. The normalized spacial score (nSPS) is 11.0. The molecule has 0 aromatic carbocycles.